The molecule has 0 bridgehead atoms. The Balaban J connectivity index is 2.39. The van der Waals surface area contributed by atoms with E-state index in [0.29, 0.717) is 23.8 Å². The summed E-state index contributed by atoms with van der Waals surface area (Å²) >= 11 is 5.83. The molecule has 1 N–H and O–H groups in total. The summed E-state index contributed by atoms with van der Waals surface area (Å²) in [6.07, 6.45) is 0. The number of amides is 1. The molecule has 2 aromatic rings. The van der Waals surface area contributed by atoms with E-state index in [2.05, 4.69) is 5.32 Å². The Kier molecular flexibility index (Phi) is 6.63. The molecule has 0 aliphatic carbocycles. The van der Waals surface area contributed by atoms with Crippen LogP contribution in [-0.2, 0) is 10.0 Å². The average molecular weight is 397 g/mol. The molecule has 140 valence electrons. The van der Waals surface area contributed by atoms with Gasteiger partial charge >= 0.3 is 0 Å². The van der Waals surface area contributed by atoms with Gasteiger partial charge in [0.25, 0.3) is 5.91 Å². The number of sulfonamides is 1. The topological polar surface area (TPSA) is 75.7 Å². The van der Waals surface area contributed by atoms with Gasteiger partial charge in [-0.05, 0) is 42.5 Å². The van der Waals surface area contributed by atoms with Gasteiger partial charge in [0.2, 0.25) is 10.0 Å². The highest BCUT2D eigenvalue weighted by molar-refractivity contribution is 7.89. The van der Waals surface area contributed by atoms with Crippen LogP contribution >= 0.6 is 11.6 Å². The second-order valence-electron chi connectivity index (χ2n) is 5.42. The Morgan fingerprint density at radius 3 is 2.27 bits per heavy atom. The zero-order valence-corrected chi connectivity index (χ0v) is 16.4. The van der Waals surface area contributed by atoms with Crippen molar-refractivity contribution in [3.63, 3.8) is 0 Å². The number of rotatable bonds is 7. The maximum atomic E-state index is 12.8. The van der Waals surface area contributed by atoms with Crippen molar-refractivity contribution in [3.8, 4) is 5.75 Å². The fourth-order valence-corrected chi connectivity index (χ4v) is 4.22. The molecule has 0 saturated carbocycles. The zero-order valence-electron chi connectivity index (χ0n) is 14.8. The average Bonchev–Trinajstić information content (AvgIpc) is 2.63. The third-order valence-corrected chi connectivity index (χ3v) is 6.17. The lowest BCUT2D eigenvalue weighted by atomic mass is 10.2. The minimum absolute atomic E-state index is 0.0348. The quantitative estimate of drug-likeness (QED) is 0.775. The molecule has 0 aliphatic rings. The largest absolute Gasteiger partial charge is 0.495 e. The molecule has 0 radical (unpaired) electrons. The van der Waals surface area contributed by atoms with Gasteiger partial charge in [-0.1, -0.05) is 25.4 Å². The minimum Gasteiger partial charge on any atom is -0.495 e. The number of ether oxygens (including phenoxy) is 1. The number of nitrogens with zero attached hydrogens (tertiary/aromatic N) is 1. The number of hydrogen-bond acceptors (Lipinski definition) is 4. The van der Waals surface area contributed by atoms with Crippen molar-refractivity contribution >= 4 is 33.2 Å². The number of carbonyl (C=O) groups excluding carboxylic acids is 1. The van der Waals surface area contributed by atoms with Gasteiger partial charge in [0.1, 0.15) is 10.6 Å². The summed E-state index contributed by atoms with van der Waals surface area (Å²) in [6, 6.07) is 11.0. The molecule has 0 heterocycles. The summed E-state index contributed by atoms with van der Waals surface area (Å²) in [4.78, 5) is 12.5. The second-order valence-corrected chi connectivity index (χ2v) is 7.76. The third kappa shape index (κ3) is 4.35. The lowest BCUT2D eigenvalue weighted by Gasteiger charge is -2.20. The fraction of sp³-hybridized carbons (Fsp3) is 0.278. The van der Waals surface area contributed by atoms with Crippen molar-refractivity contribution in [2.45, 2.75) is 18.7 Å². The molecular weight excluding hydrogens is 376 g/mol. The number of methoxy groups -OCH3 is 1. The highest BCUT2D eigenvalue weighted by Crippen LogP contribution is 2.28. The lowest BCUT2D eigenvalue weighted by molar-refractivity contribution is 0.102. The normalized spacial score (nSPS) is 11.4. The van der Waals surface area contributed by atoms with Crippen LogP contribution in [0.5, 0.6) is 5.75 Å². The summed E-state index contributed by atoms with van der Waals surface area (Å²) in [5, 5.41) is 3.27. The van der Waals surface area contributed by atoms with Gasteiger partial charge in [-0.25, -0.2) is 8.42 Å². The third-order valence-electron chi connectivity index (χ3n) is 3.85. The molecule has 0 aliphatic heterocycles. The van der Waals surface area contributed by atoms with E-state index in [4.69, 9.17) is 16.3 Å². The molecule has 0 fully saturated rings. The number of halogens is 1. The molecule has 2 rings (SSSR count). The van der Waals surface area contributed by atoms with Gasteiger partial charge in [0, 0.05) is 29.4 Å². The molecule has 1 amide bonds. The molecule has 26 heavy (non-hydrogen) atoms. The number of benzene rings is 2. The van der Waals surface area contributed by atoms with Crippen LogP contribution in [0.4, 0.5) is 5.69 Å². The molecule has 2 aromatic carbocycles. The first-order valence-electron chi connectivity index (χ1n) is 8.08. The fourth-order valence-electron chi connectivity index (χ4n) is 2.46. The van der Waals surface area contributed by atoms with Crippen LogP contribution in [0.3, 0.4) is 0 Å². The summed E-state index contributed by atoms with van der Waals surface area (Å²) < 4.78 is 32.2. The first-order chi connectivity index (χ1) is 12.3. The molecule has 0 saturated heterocycles. The molecule has 8 heteroatoms. The van der Waals surface area contributed by atoms with E-state index in [9.17, 15) is 13.2 Å². The van der Waals surface area contributed by atoms with E-state index >= 15 is 0 Å². The van der Waals surface area contributed by atoms with E-state index in [0.717, 1.165) is 0 Å². The van der Waals surface area contributed by atoms with Gasteiger partial charge in [-0.3, -0.25) is 4.79 Å². The Hall–Kier alpha value is -2.09. The first-order valence-corrected chi connectivity index (χ1v) is 9.90. The summed E-state index contributed by atoms with van der Waals surface area (Å²) in [6.45, 7) is 4.15. The predicted molar refractivity (Wildman–Crippen MR) is 103 cm³/mol. The molecule has 0 aromatic heterocycles. The SMILES string of the molecule is CCN(CC)S(=O)(=O)c1cc(C(=O)Nc2ccc(Cl)cc2)ccc1OC. The van der Waals surface area contributed by atoms with Gasteiger partial charge in [-0.15, -0.1) is 0 Å². The summed E-state index contributed by atoms with van der Waals surface area (Å²) in [5.74, 6) is -0.231. The predicted octanol–water partition coefficient (Wildman–Crippen LogP) is 3.63. The Morgan fingerprint density at radius 1 is 1.12 bits per heavy atom. The van der Waals surface area contributed by atoms with Crippen molar-refractivity contribution in [3.05, 3.63) is 53.1 Å². The van der Waals surface area contributed by atoms with Crippen LogP contribution in [0, 0.1) is 0 Å². The van der Waals surface area contributed by atoms with Crippen LogP contribution in [0.1, 0.15) is 24.2 Å². The molecule has 0 atom stereocenters. The van der Waals surface area contributed by atoms with Gasteiger partial charge in [0.15, 0.2) is 0 Å². The van der Waals surface area contributed by atoms with Crippen molar-refractivity contribution in [2.75, 3.05) is 25.5 Å². The lowest BCUT2D eigenvalue weighted by Crippen LogP contribution is -2.31. The summed E-state index contributed by atoms with van der Waals surface area (Å²) in [5.41, 5.74) is 0.773. The minimum atomic E-state index is -3.77. The summed E-state index contributed by atoms with van der Waals surface area (Å²) in [7, 11) is -2.37. The smallest absolute Gasteiger partial charge is 0.255 e. The Morgan fingerprint density at radius 2 is 1.73 bits per heavy atom. The second kappa shape index (κ2) is 8.53. The van der Waals surface area contributed by atoms with Crippen molar-refractivity contribution in [1.82, 2.24) is 4.31 Å². The van der Waals surface area contributed by atoms with E-state index in [1.807, 2.05) is 0 Å². The highest BCUT2D eigenvalue weighted by atomic mass is 35.5. The van der Waals surface area contributed by atoms with Crippen LogP contribution < -0.4 is 10.1 Å². The number of hydrogen-bond donors (Lipinski definition) is 1. The Labute approximate surface area is 158 Å². The Bertz CT molecular complexity index is 879. The van der Waals surface area contributed by atoms with E-state index in [1.54, 1.807) is 38.1 Å². The number of carbonyl (C=O) groups is 1. The van der Waals surface area contributed by atoms with Crippen LogP contribution in [0.2, 0.25) is 5.02 Å². The van der Waals surface area contributed by atoms with Crippen LogP contribution in [-0.4, -0.2) is 38.8 Å². The molecular formula is C18H21ClN2O4S. The standard InChI is InChI=1S/C18H21ClN2O4S/c1-4-21(5-2)26(23,24)17-12-13(6-11-16(17)25-3)18(22)20-15-9-7-14(19)8-10-15/h6-12H,4-5H2,1-3H3,(H,20,22). The van der Waals surface area contributed by atoms with Gasteiger partial charge < -0.3 is 10.1 Å². The number of anilines is 1. The van der Waals surface area contributed by atoms with Gasteiger partial charge in [-0.2, -0.15) is 4.31 Å². The monoisotopic (exact) mass is 396 g/mol. The van der Waals surface area contributed by atoms with Gasteiger partial charge in [0.05, 0.1) is 7.11 Å². The van der Waals surface area contributed by atoms with Crippen molar-refractivity contribution in [2.24, 2.45) is 0 Å². The number of nitrogens with one attached hydrogen (secondary N) is 1. The van der Waals surface area contributed by atoms with E-state index in [-0.39, 0.29) is 16.2 Å². The van der Waals surface area contributed by atoms with Crippen molar-refractivity contribution in [1.29, 1.82) is 0 Å². The highest BCUT2D eigenvalue weighted by Gasteiger charge is 2.26. The maximum Gasteiger partial charge on any atom is 0.255 e. The van der Waals surface area contributed by atoms with E-state index < -0.39 is 15.9 Å². The van der Waals surface area contributed by atoms with Crippen LogP contribution in [0.15, 0.2) is 47.4 Å². The first kappa shape index (κ1) is 20.2. The molecule has 0 unspecified atom stereocenters. The zero-order chi connectivity index (χ0) is 19.3. The maximum absolute atomic E-state index is 12.8. The van der Waals surface area contributed by atoms with Crippen molar-refractivity contribution < 1.29 is 17.9 Å². The van der Waals surface area contributed by atoms with Crippen LogP contribution in [0.25, 0.3) is 0 Å². The molecule has 0 spiro atoms. The van der Waals surface area contributed by atoms with E-state index in [1.165, 1.54) is 29.6 Å². The molecule has 6 nitrogen and oxygen atoms in total.